The summed E-state index contributed by atoms with van der Waals surface area (Å²) in [7, 11) is 0. The molecule has 3 amide bonds. The molecule has 0 aliphatic rings. The number of phenols is 1. The number of phenolic OH excluding ortho intramolecular Hbond substituents is 1. The van der Waals surface area contributed by atoms with Crippen LogP contribution < -0.4 is 10.6 Å². The number of nitrogens with one attached hydrogen (secondary N) is 2. The summed E-state index contributed by atoms with van der Waals surface area (Å²) in [5, 5.41) is 15.1. The molecule has 1 aromatic rings. The number of aryl methyl sites for hydroxylation is 1. The molecule has 170 valence electrons. The summed E-state index contributed by atoms with van der Waals surface area (Å²) in [5.74, 6) is -1.03. The summed E-state index contributed by atoms with van der Waals surface area (Å²) in [6, 6.07) is 4.70. The number of carbonyl (C=O) groups is 3. The summed E-state index contributed by atoms with van der Waals surface area (Å²) in [6.45, 7) is 10.7. The highest BCUT2D eigenvalue weighted by Crippen LogP contribution is 2.26. The minimum Gasteiger partial charge on any atom is -0.508 e. The van der Waals surface area contributed by atoms with Gasteiger partial charge in [-0.1, -0.05) is 25.8 Å². The van der Waals surface area contributed by atoms with Crippen LogP contribution in [0.1, 0.15) is 64.6 Å². The van der Waals surface area contributed by atoms with Gasteiger partial charge in [0.2, 0.25) is 5.91 Å². The van der Waals surface area contributed by atoms with Crippen LogP contribution in [0.2, 0.25) is 0 Å². The molecule has 0 saturated carbocycles. The molecule has 0 spiro atoms. The fourth-order valence-electron chi connectivity index (χ4n) is 2.77. The SMILES string of the molecule is C#CN(C(=O)C(C)NC(=O)OC(C)(C)C)C(C(=O)NCCCC)c1ccc(O)c(C)c1. The second-order valence-electron chi connectivity index (χ2n) is 8.30. The molecule has 0 heterocycles. The number of rotatable bonds is 8. The standard InChI is InChI=1S/C23H33N3O5/c1-8-10-13-24-20(28)19(17-11-12-18(27)15(3)14-17)26(9-2)21(29)16(4)25-22(30)31-23(5,6)7/h2,11-12,14,16,19,27H,8,10,13H2,1,3-7H3,(H,24,28)(H,25,30). The van der Waals surface area contributed by atoms with Crippen LogP contribution in [0.4, 0.5) is 4.79 Å². The van der Waals surface area contributed by atoms with Gasteiger partial charge in [-0.3, -0.25) is 14.5 Å². The number of aromatic hydroxyl groups is 1. The molecule has 8 nitrogen and oxygen atoms in total. The molecule has 0 bridgehead atoms. The van der Waals surface area contributed by atoms with Crippen LogP contribution in [0.5, 0.6) is 5.75 Å². The number of unbranched alkanes of at least 4 members (excludes halogenated alkanes) is 1. The van der Waals surface area contributed by atoms with Crippen LogP contribution in [0.15, 0.2) is 18.2 Å². The quantitative estimate of drug-likeness (QED) is 0.333. The third-order valence-electron chi connectivity index (χ3n) is 4.35. The molecule has 0 saturated heterocycles. The van der Waals surface area contributed by atoms with E-state index >= 15 is 0 Å². The fourth-order valence-corrected chi connectivity index (χ4v) is 2.77. The first-order valence-electron chi connectivity index (χ1n) is 10.3. The van der Waals surface area contributed by atoms with Crippen LogP contribution in [0.3, 0.4) is 0 Å². The minimum atomic E-state index is -1.13. The first-order chi connectivity index (χ1) is 14.4. The summed E-state index contributed by atoms with van der Waals surface area (Å²) in [6.07, 6.45) is 6.51. The molecular weight excluding hydrogens is 398 g/mol. The Kier molecular flexibility index (Phi) is 9.38. The number of alkyl carbamates (subject to hydrolysis) is 1. The largest absolute Gasteiger partial charge is 0.508 e. The van der Waals surface area contributed by atoms with Crippen molar-refractivity contribution in [2.75, 3.05) is 6.54 Å². The van der Waals surface area contributed by atoms with Crippen LogP contribution in [-0.4, -0.2) is 46.1 Å². The van der Waals surface area contributed by atoms with Gasteiger partial charge in [-0.15, -0.1) is 0 Å². The van der Waals surface area contributed by atoms with Gasteiger partial charge in [0.1, 0.15) is 23.4 Å². The Morgan fingerprint density at radius 1 is 1.29 bits per heavy atom. The molecule has 2 unspecified atom stereocenters. The summed E-state index contributed by atoms with van der Waals surface area (Å²) in [4.78, 5) is 39.0. The Balaban J connectivity index is 3.19. The number of hydrogen-bond acceptors (Lipinski definition) is 5. The first-order valence-corrected chi connectivity index (χ1v) is 10.3. The van der Waals surface area contributed by atoms with E-state index in [1.807, 2.05) is 6.92 Å². The van der Waals surface area contributed by atoms with E-state index in [2.05, 4.69) is 16.7 Å². The number of terminal acetylenes is 1. The monoisotopic (exact) mass is 431 g/mol. The Morgan fingerprint density at radius 2 is 1.94 bits per heavy atom. The van der Waals surface area contributed by atoms with Gasteiger partial charge in [-0.25, -0.2) is 4.79 Å². The van der Waals surface area contributed by atoms with Crippen LogP contribution in [-0.2, 0) is 14.3 Å². The summed E-state index contributed by atoms with van der Waals surface area (Å²) >= 11 is 0. The molecule has 3 N–H and O–H groups in total. The van der Waals surface area contributed by atoms with Gasteiger partial charge in [0, 0.05) is 12.6 Å². The first kappa shape index (κ1) is 25.8. The lowest BCUT2D eigenvalue weighted by Crippen LogP contribution is -2.50. The summed E-state index contributed by atoms with van der Waals surface area (Å²) in [5.41, 5.74) is 0.248. The van der Waals surface area contributed by atoms with Crippen molar-refractivity contribution in [2.24, 2.45) is 0 Å². The van der Waals surface area contributed by atoms with Gasteiger partial charge in [0.15, 0.2) is 0 Å². The van der Waals surface area contributed by atoms with Crippen molar-refractivity contribution in [3.05, 3.63) is 29.3 Å². The maximum absolute atomic E-state index is 13.1. The van der Waals surface area contributed by atoms with Crippen molar-refractivity contribution in [3.8, 4) is 18.2 Å². The predicted molar refractivity (Wildman–Crippen MR) is 118 cm³/mol. The normalized spacial score (nSPS) is 12.8. The van der Waals surface area contributed by atoms with Crippen molar-refractivity contribution in [1.29, 1.82) is 0 Å². The zero-order chi connectivity index (χ0) is 23.8. The highest BCUT2D eigenvalue weighted by Gasteiger charge is 2.34. The number of carbonyl (C=O) groups excluding carboxylic acids is 3. The van der Waals surface area contributed by atoms with E-state index in [0.29, 0.717) is 17.7 Å². The number of nitrogens with zero attached hydrogens (tertiary/aromatic N) is 1. The molecular formula is C23H33N3O5. The lowest BCUT2D eigenvalue weighted by Gasteiger charge is -2.29. The van der Waals surface area contributed by atoms with Gasteiger partial charge in [-0.05, 0) is 64.3 Å². The maximum Gasteiger partial charge on any atom is 0.408 e. The average Bonchev–Trinajstić information content (AvgIpc) is 2.66. The van der Waals surface area contributed by atoms with Gasteiger partial charge in [-0.2, -0.15) is 0 Å². The number of benzene rings is 1. The van der Waals surface area contributed by atoms with E-state index in [9.17, 15) is 19.5 Å². The van der Waals surface area contributed by atoms with E-state index in [0.717, 1.165) is 17.7 Å². The average molecular weight is 432 g/mol. The van der Waals surface area contributed by atoms with Gasteiger partial charge in [0.05, 0.1) is 0 Å². The second-order valence-corrected chi connectivity index (χ2v) is 8.30. The molecule has 8 heteroatoms. The van der Waals surface area contributed by atoms with Crippen molar-refractivity contribution in [3.63, 3.8) is 0 Å². The van der Waals surface area contributed by atoms with E-state index in [1.165, 1.54) is 19.1 Å². The molecule has 1 rings (SSSR count). The molecule has 0 fully saturated rings. The van der Waals surface area contributed by atoms with Crippen LogP contribution >= 0.6 is 0 Å². The van der Waals surface area contributed by atoms with Crippen molar-refractivity contribution >= 4 is 17.9 Å². The summed E-state index contributed by atoms with van der Waals surface area (Å²) < 4.78 is 5.18. The number of hydrogen-bond donors (Lipinski definition) is 3. The third kappa shape index (κ3) is 7.85. The molecule has 1 aromatic carbocycles. The molecule has 0 aliphatic carbocycles. The van der Waals surface area contributed by atoms with Crippen LogP contribution in [0, 0.1) is 19.4 Å². The fraction of sp³-hybridized carbons (Fsp3) is 0.522. The molecule has 31 heavy (non-hydrogen) atoms. The zero-order valence-corrected chi connectivity index (χ0v) is 19.1. The Labute approximate surface area is 184 Å². The molecule has 0 radical (unpaired) electrons. The van der Waals surface area contributed by atoms with Crippen LogP contribution in [0.25, 0.3) is 0 Å². The third-order valence-corrected chi connectivity index (χ3v) is 4.35. The maximum atomic E-state index is 13.1. The van der Waals surface area contributed by atoms with Gasteiger partial charge >= 0.3 is 6.09 Å². The topological polar surface area (TPSA) is 108 Å². The van der Waals surface area contributed by atoms with E-state index in [-0.39, 0.29) is 5.75 Å². The van der Waals surface area contributed by atoms with Crippen molar-refractivity contribution in [2.45, 2.75) is 72.1 Å². The molecule has 0 aliphatic heterocycles. The molecule has 2 atom stereocenters. The van der Waals surface area contributed by atoms with Crippen molar-refractivity contribution in [1.82, 2.24) is 15.5 Å². The molecule has 0 aromatic heterocycles. The van der Waals surface area contributed by atoms with E-state index < -0.39 is 35.6 Å². The lowest BCUT2D eigenvalue weighted by molar-refractivity contribution is -0.138. The van der Waals surface area contributed by atoms with E-state index in [1.54, 1.807) is 33.8 Å². The van der Waals surface area contributed by atoms with Crippen molar-refractivity contribution < 1.29 is 24.2 Å². The second kappa shape index (κ2) is 11.3. The van der Waals surface area contributed by atoms with Gasteiger partial charge in [0.25, 0.3) is 5.91 Å². The zero-order valence-electron chi connectivity index (χ0n) is 19.1. The Hall–Kier alpha value is -3.21. The highest BCUT2D eigenvalue weighted by atomic mass is 16.6. The number of ether oxygens (including phenoxy) is 1. The minimum absolute atomic E-state index is 0.0624. The number of amides is 3. The smallest absolute Gasteiger partial charge is 0.408 e. The Bertz CT molecular complexity index is 839. The lowest BCUT2D eigenvalue weighted by atomic mass is 10.0. The predicted octanol–water partition coefficient (Wildman–Crippen LogP) is 2.99. The van der Waals surface area contributed by atoms with Gasteiger partial charge < -0.3 is 20.5 Å². The Morgan fingerprint density at radius 3 is 2.45 bits per heavy atom. The van der Waals surface area contributed by atoms with E-state index in [4.69, 9.17) is 11.2 Å². The highest BCUT2D eigenvalue weighted by molar-refractivity contribution is 5.93.